The number of rotatable bonds is 8. The van der Waals surface area contributed by atoms with E-state index in [1.807, 2.05) is 48.5 Å². The van der Waals surface area contributed by atoms with Gasteiger partial charge < -0.3 is 4.74 Å². The third-order valence-corrected chi connectivity index (χ3v) is 5.82. The molecule has 2 atom stereocenters. The lowest BCUT2D eigenvalue weighted by Crippen LogP contribution is -2.24. The number of alkyl halides is 1. The van der Waals surface area contributed by atoms with Gasteiger partial charge in [-0.05, 0) is 31.4 Å². The smallest absolute Gasteiger partial charge is 0.147 e. The minimum absolute atomic E-state index is 0.0228. The number of unbranched alkanes of at least 4 members (excludes halogenated alkanes) is 1. The largest absolute Gasteiger partial charge is 0.457 e. The molecule has 3 rings (SSSR count). The van der Waals surface area contributed by atoms with Crippen LogP contribution in [-0.2, 0) is 4.79 Å². The molecule has 0 saturated carbocycles. The van der Waals surface area contributed by atoms with Gasteiger partial charge in [0.25, 0.3) is 0 Å². The van der Waals surface area contributed by atoms with Crippen LogP contribution in [0, 0.1) is 5.92 Å². The van der Waals surface area contributed by atoms with Gasteiger partial charge in [-0.25, -0.2) is 0 Å². The number of Topliss-reactive ketones (excluding diaryl/α,β-unsaturated/α-hetero) is 1. The van der Waals surface area contributed by atoms with E-state index in [1.165, 1.54) is 0 Å². The average molecular weight is 371 g/mol. The molecule has 1 heterocycles. The quantitative estimate of drug-likeness (QED) is 0.381. The van der Waals surface area contributed by atoms with Crippen LogP contribution in [0.2, 0.25) is 0 Å². The fourth-order valence-electron chi connectivity index (χ4n) is 3.66. The Labute approximate surface area is 161 Å². The number of para-hydroxylation sites is 2. The van der Waals surface area contributed by atoms with Crippen molar-refractivity contribution < 1.29 is 9.53 Å². The second kappa shape index (κ2) is 8.73. The average Bonchev–Trinajstić information content (AvgIpc) is 2.68. The molecule has 1 aliphatic rings. The van der Waals surface area contributed by atoms with Crippen LogP contribution in [0.5, 0.6) is 11.5 Å². The summed E-state index contributed by atoms with van der Waals surface area (Å²) >= 11 is 6.20. The molecule has 2 unspecified atom stereocenters. The van der Waals surface area contributed by atoms with Crippen molar-refractivity contribution in [3.63, 3.8) is 0 Å². The standard InChI is InChI=1S/C23H27ClO2/c1-3-17(24)11-5-4-10-16(2)23(25)22-18-12-6-8-14-20(18)26-21-15-9-7-13-19(21)22/h6-9,12-17,22H,3-5,10-11H2,1-2H3. The number of carbonyl (C=O) groups is 1. The zero-order chi connectivity index (χ0) is 18.5. The number of hydrogen-bond acceptors (Lipinski definition) is 2. The van der Waals surface area contributed by atoms with Crippen molar-refractivity contribution in [1.82, 2.24) is 0 Å². The minimum atomic E-state index is -0.234. The fraction of sp³-hybridized carbons (Fsp3) is 0.435. The summed E-state index contributed by atoms with van der Waals surface area (Å²) in [5.41, 5.74) is 1.96. The number of fused-ring (bicyclic) bond motifs is 2. The third-order valence-electron chi connectivity index (χ3n) is 5.30. The molecule has 0 amide bonds. The normalized spacial score (nSPS) is 15.5. The topological polar surface area (TPSA) is 26.3 Å². The van der Waals surface area contributed by atoms with Crippen LogP contribution in [0.15, 0.2) is 48.5 Å². The summed E-state index contributed by atoms with van der Waals surface area (Å²) in [4.78, 5) is 13.3. The van der Waals surface area contributed by atoms with E-state index >= 15 is 0 Å². The number of ketones is 1. The molecule has 0 fully saturated rings. The van der Waals surface area contributed by atoms with Gasteiger partial charge in [0, 0.05) is 22.4 Å². The molecule has 138 valence electrons. The van der Waals surface area contributed by atoms with Crippen molar-refractivity contribution >= 4 is 17.4 Å². The predicted molar refractivity (Wildman–Crippen MR) is 107 cm³/mol. The van der Waals surface area contributed by atoms with Crippen LogP contribution >= 0.6 is 11.6 Å². The fourth-order valence-corrected chi connectivity index (χ4v) is 3.82. The molecule has 2 aromatic rings. The monoisotopic (exact) mass is 370 g/mol. The van der Waals surface area contributed by atoms with Gasteiger partial charge in [-0.2, -0.15) is 0 Å². The van der Waals surface area contributed by atoms with E-state index in [0.29, 0.717) is 0 Å². The van der Waals surface area contributed by atoms with Crippen LogP contribution in [0.25, 0.3) is 0 Å². The molecular formula is C23H27ClO2. The summed E-state index contributed by atoms with van der Waals surface area (Å²) in [5, 5.41) is 0.259. The van der Waals surface area contributed by atoms with Gasteiger partial charge in [-0.3, -0.25) is 4.79 Å². The van der Waals surface area contributed by atoms with Gasteiger partial charge in [-0.15, -0.1) is 11.6 Å². The maximum Gasteiger partial charge on any atom is 0.147 e. The van der Waals surface area contributed by atoms with Gasteiger partial charge in [0.2, 0.25) is 0 Å². The number of ether oxygens (including phenoxy) is 1. The summed E-state index contributed by atoms with van der Waals surface area (Å²) < 4.78 is 6.01. The van der Waals surface area contributed by atoms with Crippen LogP contribution in [0.1, 0.15) is 63.0 Å². The molecule has 3 heteroatoms. The lowest BCUT2D eigenvalue weighted by molar-refractivity contribution is -0.123. The molecule has 0 saturated heterocycles. The lowest BCUT2D eigenvalue weighted by Gasteiger charge is -2.29. The zero-order valence-corrected chi connectivity index (χ0v) is 16.3. The van der Waals surface area contributed by atoms with Crippen LogP contribution in [-0.4, -0.2) is 11.2 Å². The Hall–Kier alpha value is -1.80. The summed E-state index contributed by atoms with van der Waals surface area (Å²) in [5.74, 6) is 1.66. The molecule has 0 radical (unpaired) electrons. The van der Waals surface area contributed by atoms with E-state index in [4.69, 9.17) is 16.3 Å². The second-order valence-corrected chi connectivity index (χ2v) is 7.82. The SMILES string of the molecule is CCC(Cl)CCCCC(C)C(=O)C1c2ccccc2Oc2ccccc21. The lowest BCUT2D eigenvalue weighted by atomic mass is 9.79. The van der Waals surface area contributed by atoms with Gasteiger partial charge >= 0.3 is 0 Å². The number of benzene rings is 2. The Morgan fingerprint density at radius 3 is 2.12 bits per heavy atom. The van der Waals surface area contributed by atoms with Gasteiger partial charge in [0.05, 0.1) is 5.92 Å². The van der Waals surface area contributed by atoms with Gasteiger partial charge in [-0.1, -0.05) is 63.1 Å². The Morgan fingerprint density at radius 1 is 1.00 bits per heavy atom. The maximum absolute atomic E-state index is 13.3. The first-order valence-electron chi connectivity index (χ1n) is 9.65. The first-order valence-corrected chi connectivity index (χ1v) is 10.1. The molecular weight excluding hydrogens is 344 g/mol. The van der Waals surface area contributed by atoms with Gasteiger partial charge in [0.15, 0.2) is 0 Å². The highest BCUT2D eigenvalue weighted by Crippen LogP contribution is 2.45. The van der Waals surface area contributed by atoms with Crippen molar-refractivity contribution in [2.45, 2.75) is 57.2 Å². The Kier molecular flexibility index (Phi) is 6.37. The summed E-state index contributed by atoms with van der Waals surface area (Å²) in [6.07, 6.45) is 5.07. The van der Waals surface area contributed by atoms with E-state index in [2.05, 4.69) is 13.8 Å². The van der Waals surface area contributed by atoms with E-state index in [-0.39, 0.29) is 23.0 Å². The Bertz CT molecular complexity index is 710. The second-order valence-electron chi connectivity index (χ2n) is 7.20. The van der Waals surface area contributed by atoms with Gasteiger partial charge in [0.1, 0.15) is 17.3 Å². The molecule has 26 heavy (non-hydrogen) atoms. The first kappa shape index (κ1) is 19.0. The van der Waals surface area contributed by atoms with Crippen molar-refractivity contribution in [3.8, 4) is 11.5 Å². The van der Waals surface area contributed by atoms with E-state index in [9.17, 15) is 4.79 Å². The van der Waals surface area contributed by atoms with Crippen molar-refractivity contribution in [2.24, 2.45) is 5.92 Å². The number of carbonyl (C=O) groups excluding carboxylic acids is 1. The predicted octanol–water partition coefficient (Wildman–Crippen LogP) is 6.71. The highest BCUT2D eigenvalue weighted by molar-refractivity contribution is 6.20. The van der Waals surface area contributed by atoms with E-state index < -0.39 is 0 Å². The molecule has 0 bridgehead atoms. The first-order chi connectivity index (χ1) is 12.6. The molecule has 2 nitrogen and oxygen atoms in total. The molecule has 0 aliphatic carbocycles. The molecule has 0 N–H and O–H groups in total. The molecule has 0 spiro atoms. The van der Waals surface area contributed by atoms with Crippen molar-refractivity contribution in [1.29, 1.82) is 0 Å². The minimum Gasteiger partial charge on any atom is -0.457 e. The van der Waals surface area contributed by atoms with E-state index in [1.54, 1.807) is 0 Å². The molecule has 1 aliphatic heterocycles. The van der Waals surface area contributed by atoms with Crippen LogP contribution < -0.4 is 4.74 Å². The van der Waals surface area contributed by atoms with Crippen molar-refractivity contribution in [3.05, 3.63) is 59.7 Å². The summed E-state index contributed by atoms with van der Waals surface area (Å²) in [7, 11) is 0. The maximum atomic E-state index is 13.3. The Balaban J connectivity index is 1.74. The van der Waals surface area contributed by atoms with Crippen LogP contribution in [0.3, 0.4) is 0 Å². The third kappa shape index (κ3) is 4.12. The molecule has 0 aromatic heterocycles. The highest BCUT2D eigenvalue weighted by atomic mass is 35.5. The Morgan fingerprint density at radius 2 is 1.54 bits per heavy atom. The molecule has 2 aromatic carbocycles. The highest BCUT2D eigenvalue weighted by Gasteiger charge is 2.34. The summed E-state index contributed by atoms with van der Waals surface area (Å²) in [6.45, 7) is 4.17. The van der Waals surface area contributed by atoms with Crippen molar-refractivity contribution in [2.75, 3.05) is 0 Å². The summed E-state index contributed by atoms with van der Waals surface area (Å²) in [6, 6.07) is 15.8. The number of halogens is 1. The van der Waals surface area contributed by atoms with E-state index in [0.717, 1.165) is 54.7 Å². The van der Waals surface area contributed by atoms with Crippen LogP contribution in [0.4, 0.5) is 0 Å². The zero-order valence-electron chi connectivity index (χ0n) is 15.6. The number of hydrogen-bond donors (Lipinski definition) is 0.